The maximum absolute atomic E-state index is 11.4. The predicted molar refractivity (Wildman–Crippen MR) is 144 cm³/mol. The highest BCUT2D eigenvalue weighted by molar-refractivity contribution is 7.09. The zero-order valence-corrected chi connectivity index (χ0v) is 18.8. The van der Waals surface area contributed by atoms with E-state index in [0.717, 1.165) is 43.9 Å². The van der Waals surface area contributed by atoms with Gasteiger partial charge >= 0.3 is 0 Å². The Labute approximate surface area is 208 Å². The van der Waals surface area contributed by atoms with Crippen LogP contribution in [0.15, 0.2) is 59.1 Å². The minimum Gasteiger partial charge on any atom is -0.335 e. The van der Waals surface area contributed by atoms with Crippen LogP contribution in [-0.4, -0.2) is 47.0 Å². The van der Waals surface area contributed by atoms with E-state index in [2.05, 4.69) is 34.0 Å². The molecule has 2 aliphatic rings. The van der Waals surface area contributed by atoms with E-state index < -0.39 is 0 Å². The molecular formula is C24H39ClN4OS2. The second-order valence-corrected chi connectivity index (χ2v) is 8.58. The Hall–Kier alpha value is -1.80. The van der Waals surface area contributed by atoms with Crippen molar-refractivity contribution >= 4 is 41.0 Å². The van der Waals surface area contributed by atoms with Gasteiger partial charge in [0.05, 0.1) is 10.0 Å². The molecule has 0 unspecified atom stereocenters. The van der Waals surface area contributed by atoms with E-state index in [4.69, 9.17) is 0 Å². The second kappa shape index (κ2) is 17.7. The van der Waals surface area contributed by atoms with E-state index in [0.29, 0.717) is 6.54 Å². The molecule has 0 fully saturated rings. The van der Waals surface area contributed by atoms with Crippen molar-refractivity contribution in [2.75, 3.05) is 26.2 Å². The number of carbonyl (C=O) groups excluding carboxylic acids is 1. The van der Waals surface area contributed by atoms with Gasteiger partial charge in [0.2, 0.25) is 5.91 Å². The van der Waals surface area contributed by atoms with E-state index >= 15 is 0 Å². The molecule has 8 heteroatoms. The third-order valence-electron chi connectivity index (χ3n) is 4.67. The quantitative estimate of drug-likeness (QED) is 0.407. The highest BCUT2D eigenvalue weighted by Gasteiger charge is 2.15. The number of halogens is 1. The van der Waals surface area contributed by atoms with Gasteiger partial charge in [0, 0.05) is 55.6 Å². The fraction of sp³-hybridized carbons (Fsp3) is 0.458. The van der Waals surface area contributed by atoms with Gasteiger partial charge in [0.1, 0.15) is 0 Å². The lowest BCUT2D eigenvalue weighted by atomic mass is 10.1. The molecular weight excluding hydrogens is 460 g/mol. The van der Waals surface area contributed by atoms with Crippen LogP contribution >= 0.6 is 35.1 Å². The highest BCUT2D eigenvalue weighted by atomic mass is 35.5. The van der Waals surface area contributed by atoms with Crippen LogP contribution in [0.2, 0.25) is 0 Å². The molecule has 0 spiro atoms. The number of rotatable bonds is 5. The molecule has 2 aliphatic heterocycles. The van der Waals surface area contributed by atoms with Crippen LogP contribution in [0.5, 0.6) is 0 Å². The molecule has 4 rings (SSSR count). The van der Waals surface area contributed by atoms with E-state index in [1.807, 2.05) is 23.2 Å². The van der Waals surface area contributed by atoms with Gasteiger partial charge in [0.15, 0.2) is 0 Å². The van der Waals surface area contributed by atoms with Crippen LogP contribution in [0.1, 0.15) is 45.1 Å². The van der Waals surface area contributed by atoms with Gasteiger partial charge in [-0.15, -0.1) is 35.1 Å². The summed E-state index contributed by atoms with van der Waals surface area (Å²) in [5.74, 6) is 0.0181. The van der Waals surface area contributed by atoms with E-state index in [1.165, 1.54) is 28.7 Å². The van der Waals surface area contributed by atoms with Crippen molar-refractivity contribution in [1.29, 1.82) is 0 Å². The lowest BCUT2D eigenvalue weighted by Gasteiger charge is -2.25. The lowest BCUT2D eigenvalue weighted by Crippen LogP contribution is -2.33. The van der Waals surface area contributed by atoms with E-state index in [-0.39, 0.29) is 40.6 Å². The molecule has 0 radical (unpaired) electrons. The topological polar surface area (TPSA) is 58.1 Å². The molecule has 0 saturated heterocycles. The van der Waals surface area contributed by atoms with E-state index in [9.17, 15) is 4.79 Å². The van der Waals surface area contributed by atoms with Gasteiger partial charge in [0.25, 0.3) is 0 Å². The zero-order valence-electron chi connectivity index (χ0n) is 16.4. The first-order valence-electron chi connectivity index (χ1n) is 9.49. The second-order valence-electron chi connectivity index (χ2n) is 6.62. The van der Waals surface area contributed by atoms with Gasteiger partial charge in [-0.3, -0.25) is 4.79 Å². The largest absolute Gasteiger partial charge is 0.335 e. The Bertz CT molecular complexity index is 817. The monoisotopic (exact) mass is 498 g/mol. The molecule has 1 amide bonds. The van der Waals surface area contributed by atoms with Crippen molar-refractivity contribution in [1.82, 2.24) is 20.2 Å². The SMILES string of the molecule is C.C.C.C1=C(Cc2nccs2)CCNC1.C=CC(=O)N1CC=C(Cc2nccs2)CC1.Cl. The number of thiazole rings is 2. The van der Waals surface area contributed by atoms with Gasteiger partial charge in [-0.05, 0) is 25.5 Å². The van der Waals surface area contributed by atoms with E-state index in [1.54, 1.807) is 27.6 Å². The van der Waals surface area contributed by atoms with Crippen LogP contribution in [0.3, 0.4) is 0 Å². The highest BCUT2D eigenvalue weighted by Crippen LogP contribution is 2.18. The van der Waals surface area contributed by atoms with Crippen LogP contribution in [0, 0.1) is 0 Å². The van der Waals surface area contributed by atoms with Crippen LogP contribution in [-0.2, 0) is 17.6 Å². The average Bonchev–Trinajstić information content (AvgIpc) is 3.44. The van der Waals surface area contributed by atoms with Crippen molar-refractivity contribution in [2.24, 2.45) is 0 Å². The lowest BCUT2D eigenvalue weighted by molar-refractivity contribution is -0.125. The standard InChI is InChI=1S/C12H14N2OS.C9H12N2S.3CH4.ClH/c1-2-12(15)14-6-3-10(4-7-14)9-11-13-5-8-16-11;1-3-10-4-2-8(1)7-9-11-5-6-12-9;;;;/h2-3,5,8H,1,4,6-7,9H2;1,5-6,10H,2-4,7H2;3*1H4;1H. The molecule has 0 aliphatic carbocycles. The Balaban J connectivity index is 0. The molecule has 180 valence electrons. The van der Waals surface area contributed by atoms with Crippen LogP contribution in [0.25, 0.3) is 0 Å². The maximum Gasteiger partial charge on any atom is 0.246 e. The smallest absolute Gasteiger partial charge is 0.246 e. The molecule has 0 saturated carbocycles. The molecule has 0 bridgehead atoms. The number of amides is 1. The molecule has 2 aromatic heterocycles. The summed E-state index contributed by atoms with van der Waals surface area (Å²) in [5.41, 5.74) is 2.91. The summed E-state index contributed by atoms with van der Waals surface area (Å²) in [6, 6.07) is 0. The van der Waals surface area contributed by atoms with Crippen molar-refractivity contribution < 1.29 is 4.79 Å². The predicted octanol–water partition coefficient (Wildman–Crippen LogP) is 5.97. The first-order chi connectivity index (χ1) is 13.7. The Morgan fingerprint density at radius 2 is 1.62 bits per heavy atom. The number of nitrogens with one attached hydrogen (secondary N) is 1. The Morgan fingerprint density at radius 1 is 1.03 bits per heavy atom. The van der Waals surface area contributed by atoms with Crippen molar-refractivity contribution in [2.45, 2.75) is 48.0 Å². The summed E-state index contributed by atoms with van der Waals surface area (Å²) in [7, 11) is 0. The fourth-order valence-electron chi connectivity index (χ4n) is 3.10. The molecule has 32 heavy (non-hydrogen) atoms. The van der Waals surface area contributed by atoms with Crippen LogP contribution < -0.4 is 5.32 Å². The number of hydrogen-bond donors (Lipinski definition) is 1. The Morgan fingerprint density at radius 3 is 2.03 bits per heavy atom. The summed E-state index contributed by atoms with van der Waals surface area (Å²) in [6.07, 6.45) is 13.6. The molecule has 1 N–H and O–H groups in total. The summed E-state index contributed by atoms with van der Waals surface area (Å²) < 4.78 is 0. The zero-order chi connectivity index (χ0) is 19.6. The molecule has 2 aromatic rings. The van der Waals surface area contributed by atoms with Gasteiger partial charge in [-0.1, -0.05) is 52.2 Å². The van der Waals surface area contributed by atoms with Gasteiger partial charge < -0.3 is 10.2 Å². The molecule has 0 aromatic carbocycles. The number of carbonyl (C=O) groups is 1. The van der Waals surface area contributed by atoms with Gasteiger partial charge in [-0.25, -0.2) is 9.97 Å². The van der Waals surface area contributed by atoms with Crippen molar-refractivity contribution in [3.63, 3.8) is 0 Å². The average molecular weight is 499 g/mol. The molecule has 4 heterocycles. The fourth-order valence-corrected chi connectivity index (χ4v) is 4.44. The normalized spacial score (nSPS) is 14.4. The van der Waals surface area contributed by atoms with Crippen LogP contribution in [0.4, 0.5) is 0 Å². The Kier molecular flexibility index (Phi) is 17.9. The summed E-state index contributed by atoms with van der Waals surface area (Å²) in [4.78, 5) is 21.7. The number of nitrogens with zero attached hydrogens (tertiary/aromatic N) is 3. The first kappa shape index (κ1) is 32.4. The minimum atomic E-state index is 0. The van der Waals surface area contributed by atoms with Crippen molar-refractivity contribution in [3.8, 4) is 0 Å². The molecule has 5 nitrogen and oxygen atoms in total. The third kappa shape index (κ3) is 10.7. The third-order valence-corrected chi connectivity index (χ3v) is 6.23. The molecule has 0 atom stereocenters. The summed E-state index contributed by atoms with van der Waals surface area (Å²) in [6.45, 7) is 7.14. The summed E-state index contributed by atoms with van der Waals surface area (Å²) in [5, 5.41) is 9.72. The maximum atomic E-state index is 11.4. The minimum absolute atomic E-state index is 0. The van der Waals surface area contributed by atoms with Crippen molar-refractivity contribution in [3.05, 3.63) is 69.1 Å². The number of aromatic nitrogens is 2. The van der Waals surface area contributed by atoms with Gasteiger partial charge in [-0.2, -0.15) is 0 Å². The summed E-state index contributed by atoms with van der Waals surface area (Å²) >= 11 is 3.42. The number of hydrogen-bond acceptors (Lipinski definition) is 6. The first-order valence-corrected chi connectivity index (χ1v) is 11.2.